The van der Waals surface area contributed by atoms with Gasteiger partial charge in [-0.3, -0.25) is 4.79 Å². The number of piperidine rings is 1. The minimum absolute atomic E-state index is 0.0157. The van der Waals surface area contributed by atoms with Crippen LogP contribution < -0.4 is 5.32 Å². The summed E-state index contributed by atoms with van der Waals surface area (Å²) in [6.07, 6.45) is 3.29. The van der Waals surface area contributed by atoms with E-state index < -0.39 is 0 Å². The largest absolute Gasteiger partial charge is 0.339 e. The van der Waals surface area contributed by atoms with Crippen molar-refractivity contribution in [3.05, 3.63) is 16.1 Å². The lowest BCUT2D eigenvalue weighted by Gasteiger charge is -2.27. The van der Waals surface area contributed by atoms with Crippen LogP contribution in [0.2, 0.25) is 0 Å². The van der Waals surface area contributed by atoms with Gasteiger partial charge in [-0.25, -0.2) is 4.98 Å². The molecule has 1 aromatic heterocycles. The Balaban J connectivity index is 1.93. The lowest BCUT2D eigenvalue weighted by Crippen LogP contribution is -2.46. The van der Waals surface area contributed by atoms with E-state index in [0.717, 1.165) is 25.1 Å². The first-order valence-electron chi connectivity index (χ1n) is 6.06. The molecule has 5 heteroatoms. The van der Waals surface area contributed by atoms with E-state index in [1.807, 2.05) is 24.4 Å². The van der Waals surface area contributed by atoms with Crippen molar-refractivity contribution in [1.82, 2.24) is 15.2 Å². The average Bonchev–Trinajstić information content (AvgIpc) is 2.75. The van der Waals surface area contributed by atoms with Gasteiger partial charge in [0.2, 0.25) is 5.91 Å². The zero-order valence-electron chi connectivity index (χ0n) is 10.4. The fraction of sp³-hybridized carbons (Fsp3) is 0.667. The minimum atomic E-state index is 0.0157. The maximum absolute atomic E-state index is 12.2. The fourth-order valence-electron chi connectivity index (χ4n) is 2.10. The Morgan fingerprint density at radius 2 is 2.47 bits per heavy atom. The highest BCUT2D eigenvalue weighted by atomic mass is 32.1. The molecule has 1 amide bonds. The van der Waals surface area contributed by atoms with Gasteiger partial charge >= 0.3 is 0 Å². The van der Waals surface area contributed by atoms with Gasteiger partial charge in [0.05, 0.1) is 23.8 Å². The molecule has 2 rings (SSSR count). The number of rotatable bonds is 3. The summed E-state index contributed by atoms with van der Waals surface area (Å²) in [5.74, 6) is 0.206. The van der Waals surface area contributed by atoms with Gasteiger partial charge in [-0.2, -0.15) is 0 Å². The van der Waals surface area contributed by atoms with E-state index in [1.165, 1.54) is 11.3 Å². The van der Waals surface area contributed by atoms with Crippen LogP contribution in [0.4, 0.5) is 0 Å². The maximum atomic E-state index is 12.2. The number of hydrogen-bond acceptors (Lipinski definition) is 4. The second kappa shape index (κ2) is 5.60. The van der Waals surface area contributed by atoms with Gasteiger partial charge in [-0.1, -0.05) is 6.42 Å². The Labute approximate surface area is 106 Å². The number of nitrogens with one attached hydrogen (secondary N) is 1. The molecule has 2 heterocycles. The molecule has 17 heavy (non-hydrogen) atoms. The molecule has 0 radical (unpaired) electrons. The monoisotopic (exact) mass is 253 g/mol. The standard InChI is InChI=1S/C12H19N3OS/c1-9-11(17-8-14-9)7-15(2)12(16)10-5-3-4-6-13-10/h8,10,13H,3-7H2,1-2H3. The number of carbonyl (C=O) groups is 1. The fourth-order valence-corrected chi connectivity index (χ4v) is 2.93. The highest BCUT2D eigenvalue weighted by molar-refractivity contribution is 7.09. The summed E-state index contributed by atoms with van der Waals surface area (Å²) in [5, 5.41) is 3.29. The molecule has 4 nitrogen and oxygen atoms in total. The van der Waals surface area contributed by atoms with Gasteiger partial charge in [0.15, 0.2) is 0 Å². The van der Waals surface area contributed by atoms with E-state index in [1.54, 1.807) is 11.3 Å². The first-order valence-corrected chi connectivity index (χ1v) is 6.94. The van der Waals surface area contributed by atoms with E-state index >= 15 is 0 Å². The van der Waals surface area contributed by atoms with Crippen LogP contribution in [0.5, 0.6) is 0 Å². The lowest BCUT2D eigenvalue weighted by molar-refractivity contribution is -0.133. The van der Waals surface area contributed by atoms with Gasteiger partial charge < -0.3 is 10.2 Å². The third-order valence-corrected chi connectivity index (χ3v) is 4.13. The van der Waals surface area contributed by atoms with E-state index in [-0.39, 0.29) is 11.9 Å². The van der Waals surface area contributed by atoms with E-state index in [0.29, 0.717) is 6.54 Å². The van der Waals surface area contributed by atoms with Crippen molar-refractivity contribution in [3.63, 3.8) is 0 Å². The van der Waals surface area contributed by atoms with Gasteiger partial charge in [0, 0.05) is 11.9 Å². The SMILES string of the molecule is Cc1ncsc1CN(C)C(=O)C1CCCCN1. The van der Waals surface area contributed by atoms with Crippen LogP contribution in [0, 0.1) is 6.92 Å². The van der Waals surface area contributed by atoms with Crippen LogP contribution in [-0.4, -0.2) is 35.4 Å². The first-order chi connectivity index (χ1) is 8.18. The number of likely N-dealkylation sites (N-methyl/N-ethyl adjacent to an activating group) is 1. The Morgan fingerprint density at radius 1 is 1.65 bits per heavy atom. The first kappa shape index (κ1) is 12.5. The number of amides is 1. The van der Waals surface area contributed by atoms with Crippen molar-refractivity contribution in [2.75, 3.05) is 13.6 Å². The Morgan fingerprint density at radius 3 is 3.06 bits per heavy atom. The predicted molar refractivity (Wildman–Crippen MR) is 69.0 cm³/mol. The molecular formula is C12H19N3OS. The zero-order chi connectivity index (χ0) is 12.3. The minimum Gasteiger partial charge on any atom is -0.339 e. The summed E-state index contributed by atoms with van der Waals surface area (Å²) < 4.78 is 0. The van der Waals surface area contributed by atoms with Crippen molar-refractivity contribution < 1.29 is 4.79 Å². The molecule has 1 N–H and O–H groups in total. The number of aromatic nitrogens is 1. The van der Waals surface area contributed by atoms with Gasteiger partial charge in [-0.05, 0) is 26.3 Å². The molecule has 0 aromatic carbocycles. The molecule has 1 aliphatic rings. The van der Waals surface area contributed by atoms with Crippen LogP contribution in [0.3, 0.4) is 0 Å². The van der Waals surface area contributed by atoms with Crippen molar-refractivity contribution >= 4 is 17.2 Å². The molecular weight excluding hydrogens is 234 g/mol. The Kier molecular flexibility index (Phi) is 4.12. The van der Waals surface area contributed by atoms with Crippen LogP contribution in [-0.2, 0) is 11.3 Å². The van der Waals surface area contributed by atoms with Crippen LogP contribution in [0.15, 0.2) is 5.51 Å². The predicted octanol–water partition coefficient (Wildman–Crippen LogP) is 1.55. The van der Waals surface area contributed by atoms with Crippen molar-refractivity contribution in [2.24, 2.45) is 0 Å². The second-order valence-corrected chi connectivity index (χ2v) is 5.50. The molecule has 0 saturated carbocycles. The molecule has 0 aliphatic carbocycles. The van der Waals surface area contributed by atoms with Crippen LogP contribution in [0.1, 0.15) is 29.8 Å². The summed E-state index contributed by atoms with van der Waals surface area (Å²) in [5.41, 5.74) is 2.87. The topological polar surface area (TPSA) is 45.2 Å². The molecule has 0 bridgehead atoms. The van der Waals surface area contributed by atoms with E-state index in [9.17, 15) is 4.79 Å². The number of thiazole rings is 1. The number of hydrogen-bond donors (Lipinski definition) is 1. The van der Waals surface area contributed by atoms with E-state index in [4.69, 9.17) is 0 Å². The van der Waals surface area contributed by atoms with Crippen LogP contribution >= 0.6 is 11.3 Å². The normalized spacial score (nSPS) is 20.2. The van der Waals surface area contributed by atoms with Gasteiger partial charge in [-0.15, -0.1) is 11.3 Å². The average molecular weight is 253 g/mol. The summed E-state index contributed by atoms with van der Waals surface area (Å²) >= 11 is 1.62. The maximum Gasteiger partial charge on any atom is 0.239 e. The Hall–Kier alpha value is -0.940. The number of carbonyl (C=O) groups excluding carboxylic acids is 1. The van der Waals surface area contributed by atoms with Gasteiger partial charge in [0.25, 0.3) is 0 Å². The van der Waals surface area contributed by atoms with Crippen molar-refractivity contribution in [2.45, 2.75) is 38.8 Å². The molecule has 94 valence electrons. The third-order valence-electron chi connectivity index (χ3n) is 3.21. The lowest BCUT2D eigenvalue weighted by atomic mass is 10.0. The van der Waals surface area contributed by atoms with Gasteiger partial charge in [0.1, 0.15) is 0 Å². The molecule has 1 aromatic rings. The van der Waals surface area contributed by atoms with Crippen molar-refractivity contribution in [1.29, 1.82) is 0 Å². The highest BCUT2D eigenvalue weighted by Gasteiger charge is 2.23. The highest BCUT2D eigenvalue weighted by Crippen LogP contribution is 2.16. The summed E-state index contributed by atoms with van der Waals surface area (Å²) in [6.45, 7) is 3.63. The summed E-state index contributed by atoms with van der Waals surface area (Å²) in [4.78, 5) is 19.4. The summed E-state index contributed by atoms with van der Waals surface area (Å²) in [6, 6.07) is 0.0157. The molecule has 1 unspecified atom stereocenters. The summed E-state index contributed by atoms with van der Waals surface area (Å²) in [7, 11) is 1.87. The van der Waals surface area contributed by atoms with Crippen molar-refractivity contribution in [3.8, 4) is 0 Å². The third kappa shape index (κ3) is 3.04. The molecule has 0 spiro atoms. The molecule has 1 fully saturated rings. The molecule has 1 atom stereocenters. The molecule has 1 saturated heterocycles. The zero-order valence-corrected chi connectivity index (χ0v) is 11.2. The number of aryl methyl sites for hydroxylation is 1. The second-order valence-electron chi connectivity index (χ2n) is 4.56. The van der Waals surface area contributed by atoms with E-state index in [2.05, 4.69) is 10.3 Å². The Bertz CT molecular complexity index is 385. The number of nitrogens with zero attached hydrogens (tertiary/aromatic N) is 2. The smallest absolute Gasteiger partial charge is 0.239 e. The quantitative estimate of drug-likeness (QED) is 0.889. The molecule has 1 aliphatic heterocycles. The van der Waals surface area contributed by atoms with Crippen LogP contribution in [0.25, 0.3) is 0 Å².